The molecule has 2 aliphatic rings. The summed E-state index contributed by atoms with van der Waals surface area (Å²) < 4.78 is 0. The molecule has 160 valence electrons. The lowest BCUT2D eigenvalue weighted by molar-refractivity contribution is -0.116. The van der Waals surface area contributed by atoms with Crippen molar-refractivity contribution >= 4 is 40.3 Å². The molecule has 6 nitrogen and oxygen atoms in total. The number of aromatic nitrogens is 2. The van der Waals surface area contributed by atoms with Crippen LogP contribution in [0, 0.1) is 5.92 Å². The van der Waals surface area contributed by atoms with Crippen LogP contribution in [0.1, 0.15) is 30.5 Å². The van der Waals surface area contributed by atoms with Gasteiger partial charge >= 0.3 is 0 Å². The van der Waals surface area contributed by atoms with E-state index >= 15 is 0 Å². The molecule has 5 rings (SSSR count). The van der Waals surface area contributed by atoms with Crippen molar-refractivity contribution in [2.24, 2.45) is 5.92 Å². The van der Waals surface area contributed by atoms with E-state index in [4.69, 9.17) is 0 Å². The molecule has 2 aromatic carbocycles. The number of likely N-dealkylation sites (N-methyl/N-ethyl adjacent to an activating group) is 1. The highest BCUT2D eigenvalue weighted by atomic mass is 16.1. The van der Waals surface area contributed by atoms with Gasteiger partial charge in [0.1, 0.15) is 0 Å². The highest BCUT2D eigenvalue weighted by molar-refractivity contribution is 6.01. The maximum atomic E-state index is 12.6. The van der Waals surface area contributed by atoms with Crippen LogP contribution >= 0.6 is 0 Å². The lowest BCUT2D eigenvalue weighted by Gasteiger charge is -2.35. The van der Waals surface area contributed by atoms with Crippen molar-refractivity contribution in [3.8, 4) is 0 Å². The Hall–Kier alpha value is -3.12. The average molecular weight is 416 g/mol. The van der Waals surface area contributed by atoms with Crippen molar-refractivity contribution in [2.75, 3.05) is 43.4 Å². The Bertz CT molecular complexity index is 1090. The number of carbonyl (C=O) groups is 1. The molecule has 3 aromatic rings. The number of benzene rings is 2. The van der Waals surface area contributed by atoms with Crippen molar-refractivity contribution in [2.45, 2.75) is 19.3 Å². The third-order valence-corrected chi connectivity index (χ3v) is 6.23. The Morgan fingerprint density at radius 2 is 1.90 bits per heavy atom. The second-order valence-electron chi connectivity index (χ2n) is 8.75. The van der Waals surface area contributed by atoms with Gasteiger partial charge in [-0.05, 0) is 49.6 Å². The number of H-pyrrole nitrogens is 1. The van der Waals surface area contributed by atoms with Gasteiger partial charge in [0.2, 0.25) is 5.91 Å². The van der Waals surface area contributed by atoms with Crippen molar-refractivity contribution in [1.82, 2.24) is 15.1 Å². The first-order chi connectivity index (χ1) is 15.2. The smallest absolute Gasteiger partial charge is 0.224 e. The number of rotatable bonds is 6. The van der Waals surface area contributed by atoms with E-state index in [0.717, 1.165) is 59.7 Å². The largest absolute Gasteiger partial charge is 0.367 e. The third kappa shape index (κ3) is 4.64. The highest BCUT2D eigenvalue weighted by Gasteiger charge is 2.26. The number of amides is 1. The first-order valence-electron chi connectivity index (χ1n) is 11.1. The summed E-state index contributed by atoms with van der Waals surface area (Å²) in [5, 5.41) is 12.0. The predicted molar refractivity (Wildman–Crippen MR) is 127 cm³/mol. The van der Waals surface area contributed by atoms with Crippen molar-refractivity contribution in [1.29, 1.82) is 0 Å². The first kappa shape index (κ1) is 19.8. The lowest BCUT2D eigenvalue weighted by Crippen LogP contribution is -2.44. The summed E-state index contributed by atoms with van der Waals surface area (Å²) in [6.45, 7) is 3.92. The monoisotopic (exact) mass is 415 g/mol. The number of anilines is 2. The number of nitrogens with zero attached hydrogens (tertiary/aromatic N) is 3. The quantitative estimate of drug-likeness (QED) is 0.633. The molecule has 1 aromatic heterocycles. The van der Waals surface area contributed by atoms with Gasteiger partial charge in [-0.15, -0.1) is 0 Å². The van der Waals surface area contributed by atoms with Crippen LogP contribution < -0.4 is 10.2 Å². The number of piperazine rings is 1. The number of carbonyl (C=O) groups excluding carboxylic acids is 1. The second-order valence-corrected chi connectivity index (χ2v) is 8.75. The van der Waals surface area contributed by atoms with Gasteiger partial charge in [0.25, 0.3) is 0 Å². The Morgan fingerprint density at radius 3 is 2.65 bits per heavy atom. The fourth-order valence-corrected chi connectivity index (χ4v) is 4.13. The molecule has 2 heterocycles. The van der Waals surface area contributed by atoms with Crippen LogP contribution in [0.5, 0.6) is 0 Å². The maximum absolute atomic E-state index is 12.6. The minimum absolute atomic E-state index is 0.113. The molecule has 1 saturated heterocycles. The van der Waals surface area contributed by atoms with E-state index in [2.05, 4.69) is 62.7 Å². The van der Waals surface area contributed by atoms with Crippen LogP contribution in [0.4, 0.5) is 11.4 Å². The van der Waals surface area contributed by atoms with Crippen LogP contribution in [0.15, 0.2) is 42.5 Å². The zero-order valence-electron chi connectivity index (χ0n) is 18.0. The van der Waals surface area contributed by atoms with Crippen LogP contribution in [-0.2, 0) is 4.79 Å². The predicted octanol–water partition coefficient (Wildman–Crippen LogP) is 4.22. The summed E-state index contributed by atoms with van der Waals surface area (Å²) in [7, 11) is 2.15. The molecule has 2 N–H and O–H groups in total. The van der Waals surface area contributed by atoms with Gasteiger partial charge < -0.3 is 15.1 Å². The number of aromatic amines is 1. The molecular formula is C25H29N5O. The topological polar surface area (TPSA) is 64.3 Å². The fourth-order valence-electron chi connectivity index (χ4n) is 4.13. The Balaban J connectivity index is 1.48. The van der Waals surface area contributed by atoms with Crippen molar-refractivity contribution in [3.05, 3.63) is 53.7 Å². The van der Waals surface area contributed by atoms with Crippen LogP contribution in [0.3, 0.4) is 0 Å². The van der Waals surface area contributed by atoms with Gasteiger partial charge in [-0.25, -0.2) is 0 Å². The molecular weight excluding hydrogens is 386 g/mol. The highest BCUT2D eigenvalue weighted by Crippen LogP contribution is 2.35. The van der Waals surface area contributed by atoms with Gasteiger partial charge in [0.05, 0.1) is 22.6 Å². The number of hydrogen-bond donors (Lipinski definition) is 2. The first-order valence-corrected chi connectivity index (χ1v) is 11.1. The summed E-state index contributed by atoms with van der Waals surface area (Å²) in [6.07, 6.45) is 7.06. The second kappa shape index (κ2) is 8.55. The van der Waals surface area contributed by atoms with Gasteiger partial charge in [0, 0.05) is 38.0 Å². The molecule has 0 bridgehead atoms. The molecule has 2 fully saturated rings. The van der Waals surface area contributed by atoms with Gasteiger partial charge in [-0.3, -0.25) is 9.89 Å². The van der Waals surface area contributed by atoms with Crippen LogP contribution in [0.2, 0.25) is 0 Å². The molecule has 0 unspecified atom stereocenters. The van der Waals surface area contributed by atoms with E-state index in [1.807, 2.05) is 24.3 Å². The summed E-state index contributed by atoms with van der Waals surface area (Å²) in [6, 6.07) is 14.4. The molecule has 1 amide bonds. The zero-order chi connectivity index (χ0) is 21.2. The molecule has 0 radical (unpaired) electrons. The van der Waals surface area contributed by atoms with Gasteiger partial charge in [-0.2, -0.15) is 5.10 Å². The number of nitrogens with one attached hydrogen (secondary N) is 2. The lowest BCUT2D eigenvalue weighted by atomic mass is 10.1. The number of hydrogen-bond acceptors (Lipinski definition) is 4. The van der Waals surface area contributed by atoms with E-state index in [0.29, 0.717) is 12.3 Å². The fraction of sp³-hybridized carbons (Fsp3) is 0.360. The number of fused-ring (bicyclic) bond motifs is 1. The molecule has 0 spiro atoms. The zero-order valence-corrected chi connectivity index (χ0v) is 18.0. The Labute approximate surface area is 182 Å². The van der Waals surface area contributed by atoms with E-state index < -0.39 is 0 Å². The molecule has 1 aliphatic carbocycles. The average Bonchev–Trinajstić information content (AvgIpc) is 3.51. The SMILES string of the molecule is CN1CCN(c2cc3[nH]nc(C=Cc4ccccc4)c3cc2NC(=O)CC2CC2)CC1. The summed E-state index contributed by atoms with van der Waals surface area (Å²) >= 11 is 0. The van der Waals surface area contributed by atoms with E-state index in [-0.39, 0.29) is 5.91 Å². The summed E-state index contributed by atoms with van der Waals surface area (Å²) in [5.74, 6) is 0.677. The minimum atomic E-state index is 0.113. The van der Waals surface area contributed by atoms with E-state index in [9.17, 15) is 4.79 Å². The molecule has 0 atom stereocenters. The van der Waals surface area contributed by atoms with E-state index in [1.165, 1.54) is 12.8 Å². The summed E-state index contributed by atoms with van der Waals surface area (Å²) in [5.41, 5.74) is 4.96. The summed E-state index contributed by atoms with van der Waals surface area (Å²) in [4.78, 5) is 17.3. The van der Waals surface area contributed by atoms with E-state index in [1.54, 1.807) is 0 Å². The Morgan fingerprint density at radius 1 is 1.13 bits per heavy atom. The van der Waals surface area contributed by atoms with Gasteiger partial charge in [0.15, 0.2) is 0 Å². The van der Waals surface area contributed by atoms with Crippen LogP contribution in [0.25, 0.3) is 23.1 Å². The molecule has 6 heteroatoms. The maximum Gasteiger partial charge on any atom is 0.224 e. The van der Waals surface area contributed by atoms with Crippen molar-refractivity contribution < 1.29 is 4.79 Å². The minimum Gasteiger partial charge on any atom is -0.367 e. The van der Waals surface area contributed by atoms with Crippen LogP contribution in [-0.4, -0.2) is 54.2 Å². The third-order valence-electron chi connectivity index (χ3n) is 6.23. The normalized spacial score (nSPS) is 17.5. The molecule has 31 heavy (non-hydrogen) atoms. The Kier molecular flexibility index (Phi) is 5.47. The van der Waals surface area contributed by atoms with Gasteiger partial charge in [-0.1, -0.05) is 36.4 Å². The molecule has 1 aliphatic heterocycles. The standard InChI is InChI=1S/C25H29N5O/c1-29-11-13-30(14-12-29)24-17-22-20(16-23(24)26-25(31)15-19-7-8-19)21(27-28-22)10-9-18-5-3-2-4-6-18/h2-6,9-10,16-17,19H,7-8,11-15H2,1H3,(H,26,31)(H,27,28). The molecule has 1 saturated carbocycles. The van der Waals surface area contributed by atoms with Crippen molar-refractivity contribution in [3.63, 3.8) is 0 Å².